The van der Waals surface area contributed by atoms with Crippen LogP contribution >= 0.6 is 11.8 Å². The number of rotatable bonds is 8. The second-order valence-electron chi connectivity index (χ2n) is 8.13. The predicted octanol–water partition coefficient (Wildman–Crippen LogP) is 6.37. The molecule has 1 amide bonds. The lowest BCUT2D eigenvalue weighted by atomic mass is 10.1. The predicted molar refractivity (Wildman–Crippen MR) is 138 cm³/mol. The number of carbonyl (C=O) groups is 1. The van der Waals surface area contributed by atoms with E-state index in [4.69, 9.17) is 14.5 Å². The molecule has 0 atom stereocenters. The molecule has 1 heterocycles. The Morgan fingerprint density at radius 3 is 2.47 bits per heavy atom. The standard InChI is InChI=1S/C28H30N2O3S/c1-5-32-24-10-8-20(16-25(24)33-6-2)13-14-29-28(31)21-9-12-27-23(17-21)30-19(4)22-15-18(3)7-11-26(22)34-27/h7-12,15-17H,5-6,13-14H2,1-4H3,(H,29,31). The highest BCUT2D eigenvalue weighted by Gasteiger charge is 2.17. The van der Waals surface area contributed by atoms with Crippen molar-refractivity contribution in [3.63, 3.8) is 0 Å². The maximum absolute atomic E-state index is 12.8. The van der Waals surface area contributed by atoms with Crippen LogP contribution < -0.4 is 14.8 Å². The van der Waals surface area contributed by atoms with Gasteiger partial charge in [0.2, 0.25) is 0 Å². The first-order valence-electron chi connectivity index (χ1n) is 11.6. The summed E-state index contributed by atoms with van der Waals surface area (Å²) in [6, 6.07) is 18.1. The number of amides is 1. The van der Waals surface area contributed by atoms with Crippen LogP contribution in [0.1, 0.15) is 47.8 Å². The van der Waals surface area contributed by atoms with Gasteiger partial charge in [-0.15, -0.1) is 0 Å². The van der Waals surface area contributed by atoms with Crippen LogP contribution in [0.15, 0.2) is 69.4 Å². The van der Waals surface area contributed by atoms with Gasteiger partial charge in [0.05, 0.1) is 18.9 Å². The first kappa shape index (κ1) is 23.9. The molecular weight excluding hydrogens is 444 g/mol. The SMILES string of the molecule is CCOc1ccc(CCNC(=O)c2ccc3c(c2)N=C(C)c2cc(C)ccc2S3)cc1OCC. The van der Waals surface area contributed by atoms with Crippen LogP contribution in [-0.4, -0.2) is 31.4 Å². The topological polar surface area (TPSA) is 59.9 Å². The van der Waals surface area contributed by atoms with E-state index >= 15 is 0 Å². The quantitative estimate of drug-likeness (QED) is 0.412. The van der Waals surface area contributed by atoms with Crippen molar-refractivity contribution in [1.82, 2.24) is 5.32 Å². The molecule has 3 aromatic carbocycles. The summed E-state index contributed by atoms with van der Waals surface area (Å²) in [4.78, 5) is 19.9. The fourth-order valence-corrected chi connectivity index (χ4v) is 4.92. The van der Waals surface area contributed by atoms with Gasteiger partial charge in [-0.2, -0.15) is 0 Å². The van der Waals surface area contributed by atoms with Crippen molar-refractivity contribution in [2.75, 3.05) is 19.8 Å². The highest BCUT2D eigenvalue weighted by atomic mass is 32.2. The monoisotopic (exact) mass is 474 g/mol. The lowest BCUT2D eigenvalue weighted by Crippen LogP contribution is -2.25. The Labute approximate surface area is 205 Å². The van der Waals surface area contributed by atoms with E-state index in [1.807, 2.05) is 57.2 Å². The van der Waals surface area contributed by atoms with Crippen molar-refractivity contribution < 1.29 is 14.3 Å². The van der Waals surface area contributed by atoms with Crippen LogP contribution in [0.25, 0.3) is 0 Å². The number of aryl methyl sites for hydroxylation is 1. The number of ether oxygens (including phenoxy) is 2. The molecule has 0 radical (unpaired) electrons. The van der Waals surface area contributed by atoms with Gasteiger partial charge in [-0.3, -0.25) is 9.79 Å². The normalized spacial score (nSPS) is 12.2. The zero-order valence-corrected chi connectivity index (χ0v) is 20.9. The summed E-state index contributed by atoms with van der Waals surface area (Å²) >= 11 is 1.69. The van der Waals surface area contributed by atoms with Crippen LogP contribution in [-0.2, 0) is 6.42 Å². The van der Waals surface area contributed by atoms with E-state index in [1.54, 1.807) is 11.8 Å². The molecule has 0 bridgehead atoms. The molecule has 3 aromatic rings. The van der Waals surface area contributed by atoms with Crippen LogP contribution in [0.3, 0.4) is 0 Å². The molecule has 5 nitrogen and oxygen atoms in total. The molecule has 0 unspecified atom stereocenters. The minimum atomic E-state index is -0.103. The summed E-state index contributed by atoms with van der Waals surface area (Å²) in [5.74, 6) is 1.38. The van der Waals surface area contributed by atoms with Gasteiger partial charge in [0.25, 0.3) is 5.91 Å². The molecular formula is C28H30N2O3S. The first-order valence-corrected chi connectivity index (χ1v) is 12.4. The third kappa shape index (κ3) is 5.45. The summed E-state index contributed by atoms with van der Waals surface area (Å²) in [5, 5.41) is 3.03. The Bertz CT molecular complexity index is 1240. The molecule has 6 heteroatoms. The molecule has 1 aliphatic rings. The Balaban J connectivity index is 1.44. The molecule has 0 aliphatic carbocycles. The van der Waals surface area contributed by atoms with Gasteiger partial charge < -0.3 is 14.8 Å². The fraction of sp³-hybridized carbons (Fsp3) is 0.286. The Morgan fingerprint density at radius 2 is 1.68 bits per heavy atom. The summed E-state index contributed by atoms with van der Waals surface area (Å²) in [5.41, 5.74) is 5.84. The molecule has 1 aliphatic heterocycles. The number of benzene rings is 3. The minimum Gasteiger partial charge on any atom is -0.490 e. The van der Waals surface area contributed by atoms with E-state index in [0.717, 1.165) is 38.9 Å². The molecule has 176 valence electrons. The van der Waals surface area contributed by atoms with E-state index in [-0.39, 0.29) is 5.91 Å². The molecule has 0 fully saturated rings. The number of nitrogens with one attached hydrogen (secondary N) is 1. The summed E-state index contributed by atoms with van der Waals surface area (Å²) in [6.45, 7) is 9.70. The van der Waals surface area contributed by atoms with Crippen LogP contribution in [0.4, 0.5) is 5.69 Å². The lowest BCUT2D eigenvalue weighted by Gasteiger charge is -2.13. The highest BCUT2D eigenvalue weighted by Crippen LogP contribution is 2.41. The number of fused-ring (bicyclic) bond motifs is 2. The molecule has 0 aromatic heterocycles. The van der Waals surface area contributed by atoms with Gasteiger partial charge in [-0.25, -0.2) is 0 Å². The molecule has 1 N–H and O–H groups in total. The van der Waals surface area contributed by atoms with Gasteiger partial charge in [0, 0.05) is 33.2 Å². The van der Waals surface area contributed by atoms with Crippen molar-refractivity contribution in [3.8, 4) is 11.5 Å². The van der Waals surface area contributed by atoms with E-state index in [2.05, 4.69) is 30.4 Å². The molecule has 0 saturated heterocycles. The van der Waals surface area contributed by atoms with Crippen molar-refractivity contribution in [2.45, 2.75) is 43.9 Å². The second-order valence-corrected chi connectivity index (χ2v) is 9.22. The lowest BCUT2D eigenvalue weighted by molar-refractivity contribution is 0.0954. The summed E-state index contributed by atoms with van der Waals surface area (Å²) < 4.78 is 11.3. The Kier molecular flexibility index (Phi) is 7.58. The second kappa shape index (κ2) is 10.8. The van der Waals surface area contributed by atoms with Crippen molar-refractivity contribution in [3.05, 3.63) is 76.9 Å². The Hall–Kier alpha value is -3.25. The van der Waals surface area contributed by atoms with Crippen molar-refractivity contribution >= 4 is 29.1 Å². The van der Waals surface area contributed by atoms with Gasteiger partial charge in [0.1, 0.15) is 0 Å². The van der Waals surface area contributed by atoms with E-state index in [0.29, 0.717) is 31.7 Å². The summed E-state index contributed by atoms with van der Waals surface area (Å²) in [6.07, 6.45) is 0.699. The van der Waals surface area contributed by atoms with Crippen LogP contribution in [0.2, 0.25) is 0 Å². The van der Waals surface area contributed by atoms with Gasteiger partial charge >= 0.3 is 0 Å². The van der Waals surface area contributed by atoms with E-state index in [9.17, 15) is 4.79 Å². The smallest absolute Gasteiger partial charge is 0.251 e. The van der Waals surface area contributed by atoms with E-state index in [1.165, 1.54) is 10.5 Å². The third-order valence-corrected chi connectivity index (χ3v) is 6.70. The highest BCUT2D eigenvalue weighted by molar-refractivity contribution is 7.99. The largest absolute Gasteiger partial charge is 0.490 e. The molecule has 34 heavy (non-hydrogen) atoms. The third-order valence-electron chi connectivity index (χ3n) is 5.56. The molecule has 0 spiro atoms. The van der Waals surface area contributed by atoms with E-state index < -0.39 is 0 Å². The number of hydrogen-bond donors (Lipinski definition) is 1. The van der Waals surface area contributed by atoms with Crippen LogP contribution in [0, 0.1) is 6.92 Å². The number of aliphatic imine (C=N–C) groups is 1. The summed E-state index contributed by atoms with van der Waals surface area (Å²) in [7, 11) is 0. The van der Waals surface area contributed by atoms with Crippen molar-refractivity contribution in [2.24, 2.45) is 4.99 Å². The Morgan fingerprint density at radius 1 is 0.912 bits per heavy atom. The average Bonchev–Trinajstić information content (AvgIpc) is 2.96. The van der Waals surface area contributed by atoms with Gasteiger partial charge in [-0.05, 0) is 82.1 Å². The van der Waals surface area contributed by atoms with Gasteiger partial charge in [-0.1, -0.05) is 29.5 Å². The fourth-order valence-electron chi connectivity index (χ4n) is 3.88. The maximum Gasteiger partial charge on any atom is 0.251 e. The van der Waals surface area contributed by atoms with Crippen molar-refractivity contribution in [1.29, 1.82) is 0 Å². The zero-order valence-electron chi connectivity index (χ0n) is 20.1. The number of hydrogen-bond acceptors (Lipinski definition) is 5. The van der Waals surface area contributed by atoms with Gasteiger partial charge in [0.15, 0.2) is 11.5 Å². The average molecular weight is 475 g/mol. The maximum atomic E-state index is 12.8. The number of carbonyl (C=O) groups excluding carboxylic acids is 1. The zero-order chi connectivity index (χ0) is 24.1. The molecule has 0 saturated carbocycles. The first-order chi connectivity index (χ1) is 16.5. The molecule has 4 rings (SSSR count). The van der Waals surface area contributed by atoms with Crippen LogP contribution in [0.5, 0.6) is 11.5 Å². The number of nitrogens with zero attached hydrogens (tertiary/aromatic N) is 1. The minimum absolute atomic E-state index is 0.103.